The van der Waals surface area contributed by atoms with Crippen molar-refractivity contribution in [1.82, 2.24) is 19.3 Å². The minimum Gasteiger partial charge on any atom is -0.315 e. The summed E-state index contributed by atoms with van der Waals surface area (Å²) in [7, 11) is -3.42. The molecule has 0 bridgehead atoms. The van der Waals surface area contributed by atoms with E-state index in [9.17, 15) is 8.42 Å². The number of hydrogen-bond acceptors (Lipinski definition) is 5. The minimum absolute atomic E-state index is 0.0595. The van der Waals surface area contributed by atoms with Crippen molar-refractivity contribution in [2.75, 3.05) is 19.6 Å². The fourth-order valence-corrected chi connectivity index (χ4v) is 4.59. The van der Waals surface area contributed by atoms with Crippen molar-refractivity contribution in [1.29, 1.82) is 0 Å². The summed E-state index contributed by atoms with van der Waals surface area (Å²) in [6.45, 7) is 4.70. The van der Waals surface area contributed by atoms with Gasteiger partial charge in [0, 0.05) is 36.8 Å². The van der Waals surface area contributed by atoms with Crippen LogP contribution in [0.15, 0.2) is 11.7 Å². The summed E-state index contributed by atoms with van der Waals surface area (Å²) in [5.74, 6) is 0. The number of nitrogens with one attached hydrogen (secondary N) is 2. The molecule has 1 aromatic rings. The molecule has 0 radical (unpaired) electrons. The zero-order valence-corrected chi connectivity index (χ0v) is 14.0. The maximum atomic E-state index is 12.5. The zero-order chi connectivity index (χ0) is 15.1. The highest BCUT2D eigenvalue weighted by Crippen LogP contribution is 2.19. The van der Waals surface area contributed by atoms with Crippen molar-refractivity contribution in [2.24, 2.45) is 0 Å². The Bertz CT molecular complexity index is 504. The van der Waals surface area contributed by atoms with Crippen LogP contribution in [0.2, 0.25) is 0 Å². The number of aromatic nitrogens is 1. The summed E-state index contributed by atoms with van der Waals surface area (Å²) in [5, 5.41) is 3.33. The van der Waals surface area contributed by atoms with Crippen LogP contribution in [0.1, 0.15) is 37.5 Å². The summed E-state index contributed by atoms with van der Waals surface area (Å²) in [6.07, 6.45) is 5.72. The van der Waals surface area contributed by atoms with Crippen molar-refractivity contribution in [3.05, 3.63) is 16.6 Å². The van der Waals surface area contributed by atoms with Gasteiger partial charge < -0.3 is 5.32 Å². The molecule has 2 heterocycles. The Labute approximate surface area is 131 Å². The van der Waals surface area contributed by atoms with E-state index in [0.717, 1.165) is 43.6 Å². The number of nitrogens with zero attached hydrogens (tertiary/aromatic N) is 2. The lowest BCUT2D eigenvalue weighted by Crippen LogP contribution is -2.52. The smallest absolute Gasteiger partial charge is 0.280 e. The maximum absolute atomic E-state index is 12.5. The molecule has 21 heavy (non-hydrogen) atoms. The van der Waals surface area contributed by atoms with E-state index >= 15 is 0 Å². The topological polar surface area (TPSA) is 74.3 Å². The van der Waals surface area contributed by atoms with E-state index in [1.165, 1.54) is 11.3 Å². The molecule has 0 saturated carbocycles. The normalized spacial score (nSPS) is 20.7. The van der Waals surface area contributed by atoms with E-state index in [0.29, 0.717) is 13.1 Å². The molecule has 1 unspecified atom stereocenters. The van der Waals surface area contributed by atoms with E-state index < -0.39 is 10.2 Å². The van der Waals surface area contributed by atoms with Gasteiger partial charge in [0.25, 0.3) is 10.2 Å². The molecule has 1 aromatic heterocycles. The Kier molecular flexibility index (Phi) is 6.56. The predicted molar refractivity (Wildman–Crippen MR) is 85.4 cm³/mol. The molecule has 0 spiro atoms. The lowest BCUT2D eigenvalue weighted by molar-refractivity contribution is 0.243. The molecule has 2 N–H and O–H groups in total. The summed E-state index contributed by atoms with van der Waals surface area (Å²) >= 11 is 1.46. The number of piperidine rings is 1. The van der Waals surface area contributed by atoms with Gasteiger partial charge in [0.05, 0.1) is 5.51 Å². The van der Waals surface area contributed by atoms with Crippen LogP contribution in [0.3, 0.4) is 0 Å². The Hall–Kier alpha value is -0.540. The molecule has 1 aliphatic heterocycles. The van der Waals surface area contributed by atoms with Gasteiger partial charge in [-0.25, -0.2) is 0 Å². The van der Waals surface area contributed by atoms with Crippen LogP contribution in [0, 0.1) is 0 Å². The standard InChI is InChI=1S/C13H24N4O2S2/c1-2-6-14-8-12-5-3-4-7-17(12)21(18,19)16-10-13-9-15-11-20-13/h9,11-12,14,16H,2-8,10H2,1H3. The van der Waals surface area contributed by atoms with E-state index in [2.05, 4.69) is 21.9 Å². The molecular formula is C13H24N4O2S2. The van der Waals surface area contributed by atoms with Crippen molar-refractivity contribution >= 4 is 21.5 Å². The Balaban J connectivity index is 1.94. The van der Waals surface area contributed by atoms with Gasteiger partial charge in [-0.3, -0.25) is 4.98 Å². The van der Waals surface area contributed by atoms with Crippen LogP contribution in [0.5, 0.6) is 0 Å². The molecule has 8 heteroatoms. The third-order valence-electron chi connectivity index (χ3n) is 3.60. The highest BCUT2D eigenvalue weighted by Gasteiger charge is 2.31. The first-order valence-corrected chi connectivity index (χ1v) is 9.80. The molecule has 1 fully saturated rings. The highest BCUT2D eigenvalue weighted by molar-refractivity contribution is 7.87. The molecule has 1 saturated heterocycles. The highest BCUT2D eigenvalue weighted by atomic mass is 32.2. The summed E-state index contributed by atoms with van der Waals surface area (Å²) in [4.78, 5) is 4.89. The van der Waals surface area contributed by atoms with Crippen LogP contribution in [0.4, 0.5) is 0 Å². The lowest BCUT2D eigenvalue weighted by Gasteiger charge is -2.34. The number of thiazole rings is 1. The predicted octanol–water partition coefficient (Wildman–Crippen LogP) is 1.33. The van der Waals surface area contributed by atoms with Gasteiger partial charge in [-0.15, -0.1) is 11.3 Å². The van der Waals surface area contributed by atoms with Gasteiger partial charge in [0.2, 0.25) is 0 Å². The van der Waals surface area contributed by atoms with Gasteiger partial charge >= 0.3 is 0 Å². The second-order valence-electron chi connectivity index (χ2n) is 5.26. The molecule has 1 atom stereocenters. The zero-order valence-electron chi connectivity index (χ0n) is 12.4. The van der Waals surface area contributed by atoms with Gasteiger partial charge in [-0.1, -0.05) is 13.3 Å². The second-order valence-corrected chi connectivity index (χ2v) is 7.94. The first kappa shape index (κ1) is 16.8. The van der Waals surface area contributed by atoms with Crippen LogP contribution in [-0.2, 0) is 16.8 Å². The molecule has 0 amide bonds. The van der Waals surface area contributed by atoms with Crippen LogP contribution >= 0.6 is 11.3 Å². The van der Waals surface area contributed by atoms with Crippen molar-refractivity contribution < 1.29 is 8.42 Å². The summed E-state index contributed by atoms with van der Waals surface area (Å²) in [5.41, 5.74) is 1.71. The van der Waals surface area contributed by atoms with Gasteiger partial charge in [-0.2, -0.15) is 17.4 Å². The van der Waals surface area contributed by atoms with Crippen molar-refractivity contribution in [3.8, 4) is 0 Å². The Morgan fingerprint density at radius 1 is 1.48 bits per heavy atom. The van der Waals surface area contributed by atoms with E-state index in [4.69, 9.17) is 0 Å². The molecule has 0 aromatic carbocycles. The van der Waals surface area contributed by atoms with Crippen LogP contribution in [0.25, 0.3) is 0 Å². The first-order valence-electron chi connectivity index (χ1n) is 7.48. The molecule has 1 aliphatic rings. The Morgan fingerprint density at radius 2 is 2.33 bits per heavy atom. The third-order valence-corrected chi connectivity index (χ3v) is 5.99. The van der Waals surface area contributed by atoms with Crippen molar-refractivity contribution in [2.45, 2.75) is 45.2 Å². The number of hydrogen-bond donors (Lipinski definition) is 2. The fraction of sp³-hybridized carbons (Fsp3) is 0.769. The summed E-state index contributed by atoms with van der Waals surface area (Å²) < 4.78 is 29.3. The molecular weight excluding hydrogens is 308 g/mol. The van der Waals surface area contributed by atoms with E-state index in [1.807, 2.05) is 0 Å². The van der Waals surface area contributed by atoms with Crippen LogP contribution in [-0.4, -0.2) is 43.4 Å². The quantitative estimate of drug-likeness (QED) is 0.704. The average Bonchev–Trinajstić information content (AvgIpc) is 2.99. The van der Waals surface area contributed by atoms with E-state index in [1.54, 1.807) is 16.0 Å². The maximum Gasteiger partial charge on any atom is 0.280 e. The minimum atomic E-state index is -3.42. The van der Waals surface area contributed by atoms with Crippen LogP contribution < -0.4 is 10.0 Å². The monoisotopic (exact) mass is 332 g/mol. The third kappa shape index (κ3) is 5.00. The van der Waals surface area contributed by atoms with Crippen molar-refractivity contribution in [3.63, 3.8) is 0 Å². The molecule has 2 rings (SSSR count). The van der Waals surface area contributed by atoms with E-state index in [-0.39, 0.29) is 6.04 Å². The lowest BCUT2D eigenvalue weighted by atomic mass is 10.1. The Morgan fingerprint density at radius 3 is 3.05 bits per heavy atom. The SMILES string of the molecule is CCCNCC1CCCCN1S(=O)(=O)NCc1cncs1. The van der Waals surface area contributed by atoms with Gasteiger partial charge in [0.15, 0.2) is 0 Å². The molecule has 120 valence electrons. The van der Waals surface area contributed by atoms with Gasteiger partial charge in [-0.05, 0) is 25.8 Å². The first-order chi connectivity index (χ1) is 10.1. The molecule has 0 aliphatic carbocycles. The largest absolute Gasteiger partial charge is 0.315 e. The second kappa shape index (κ2) is 8.19. The summed E-state index contributed by atoms with van der Waals surface area (Å²) in [6, 6.07) is 0.0595. The molecule has 6 nitrogen and oxygen atoms in total. The number of rotatable bonds is 8. The average molecular weight is 332 g/mol. The van der Waals surface area contributed by atoms with Gasteiger partial charge in [0.1, 0.15) is 0 Å². The fourth-order valence-electron chi connectivity index (χ4n) is 2.51.